The summed E-state index contributed by atoms with van der Waals surface area (Å²) >= 11 is 0. The predicted octanol–water partition coefficient (Wildman–Crippen LogP) is 2.66. The van der Waals surface area contributed by atoms with E-state index < -0.39 is 5.60 Å². The molecular weight excluding hydrogens is 364 g/mol. The number of hydrogen-bond donors (Lipinski definition) is 1. The number of carbonyl (C=O) groups excluding carboxylic acids is 1. The molecule has 0 saturated carbocycles. The van der Waals surface area contributed by atoms with E-state index in [4.69, 9.17) is 4.74 Å². The summed E-state index contributed by atoms with van der Waals surface area (Å²) in [5.74, 6) is 6.82. The number of ether oxygens (including phenoxy) is 1. The molecule has 0 aromatic heterocycles. The summed E-state index contributed by atoms with van der Waals surface area (Å²) in [4.78, 5) is 16.8. The number of amides is 1. The van der Waals surface area contributed by atoms with Crippen LogP contribution in [0.25, 0.3) is 0 Å². The number of hydrogen-bond acceptors (Lipinski definition) is 4. The van der Waals surface area contributed by atoms with Crippen molar-refractivity contribution in [3.05, 3.63) is 35.4 Å². The molecular formula is C24H34N2O3. The molecule has 0 aliphatic carbocycles. The molecule has 0 unspecified atom stereocenters. The van der Waals surface area contributed by atoms with Gasteiger partial charge in [0.05, 0.1) is 13.2 Å². The Morgan fingerprint density at radius 1 is 1.14 bits per heavy atom. The molecule has 5 nitrogen and oxygen atoms in total. The van der Waals surface area contributed by atoms with Gasteiger partial charge in [0, 0.05) is 31.6 Å². The number of piperidine rings is 1. The molecule has 2 saturated heterocycles. The third kappa shape index (κ3) is 7.47. The quantitative estimate of drug-likeness (QED) is 0.775. The van der Waals surface area contributed by atoms with E-state index in [0.717, 1.165) is 44.7 Å². The Kier molecular flexibility index (Phi) is 7.71. The van der Waals surface area contributed by atoms with Gasteiger partial charge < -0.3 is 14.7 Å². The summed E-state index contributed by atoms with van der Waals surface area (Å²) in [6, 6.07) is 8.30. The van der Waals surface area contributed by atoms with E-state index in [9.17, 15) is 9.90 Å². The summed E-state index contributed by atoms with van der Waals surface area (Å²) in [5, 5.41) is 9.70. The SMILES string of the molecule is CC(C)(O)C#Cc1ccc(CN2CCC(CCC(=O)N3CCOCC3)CC2)cc1. The van der Waals surface area contributed by atoms with Crippen molar-refractivity contribution in [2.75, 3.05) is 39.4 Å². The highest BCUT2D eigenvalue weighted by atomic mass is 16.5. The maximum atomic E-state index is 12.3. The molecule has 0 atom stereocenters. The summed E-state index contributed by atoms with van der Waals surface area (Å²) in [6.07, 6.45) is 4.04. The fraction of sp³-hybridized carbons (Fsp3) is 0.625. The zero-order valence-electron chi connectivity index (χ0n) is 17.8. The normalized spacial score (nSPS) is 18.9. The van der Waals surface area contributed by atoms with Gasteiger partial charge in [0.15, 0.2) is 0 Å². The van der Waals surface area contributed by atoms with Crippen LogP contribution in [0.3, 0.4) is 0 Å². The van der Waals surface area contributed by atoms with Crippen molar-refractivity contribution < 1.29 is 14.6 Å². The summed E-state index contributed by atoms with van der Waals surface area (Å²) in [5.41, 5.74) is 1.26. The van der Waals surface area contributed by atoms with Crippen LogP contribution in [0.15, 0.2) is 24.3 Å². The molecule has 5 heteroatoms. The molecule has 0 radical (unpaired) electrons. The van der Waals surface area contributed by atoms with E-state index in [1.54, 1.807) is 13.8 Å². The van der Waals surface area contributed by atoms with Gasteiger partial charge >= 0.3 is 0 Å². The molecule has 1 aromatic rings. The molecule has 29 heavy (non-hydrogen) atoms. The number of nitrogens with zero attached hydrogens (tertiary/aromatic N) is 2. The van der Waals surface area contributed by atoms with Gasteiger partial charge in [-0.1, -0.05) is 24.0 Å². The van der Waals surface area contributed by atoms with Crippen LogP contribution in [0.2, 0.25) is 0 Å². The number of aliphatic hydroxyl groups is 1. The largest absolute Gasteiger partial charge is 0.378 e. The highest BCUT2D eigenvalue weighted by Gasteiger charge is 2.22. The number of carbonyl (C=O) groups is 1. The third-order valence-corrected chi connectivity index (χ3v) is 5.71. The van der Waals surface area contributed by atoms with Gasteiger partial charge in [0.1, 0.15) is 5.60 Å². The Labute approximate surface area is 175 Å². The minimum atomic E-state index is -0.962. The van der Waals surface area contributed by atoms with Crippen molar-refractivity contribution in [1.82, 2.24) is 9.80 Å². The fourth-order valence-electron chi connectivity index (χ4n) is 3.91. The lowest BCUT2D eigenvalue weighted by Gasteiger charge is -2.32. The summed E-state index contributed by atoms with van der Waals surface area (Å²) < 4.78 is 5.32. The summed E-state index contributed by atoms with van der Waals surface area (Å²) in [7, 11) is 0. The van der Waals surface area contributed by atoms with Gasteiger partial charge in [-0.15, -0.1) is 0 Å². The Hall–Kier alpha value is -1.87. The lowest BCUT2D eigenvalue weighted by molar-refractivity contribution is -0.135. The monoisotopic (exact) mass is 398 g/mol. The topological polar surface area (TPSA) is 53.0 Å². The molecule has 2 aliphatic rings. The Morgan fingerprint density at radius 2 is 1.79 bits per heavy atom. The first-order valence-electron chi connectivity index (χ1n) is 10.8. The van der Waals surface area contributed by atoms with Crippen LogP contribution in [-0.2, 0) is 16.1 Å². The average Bonchev–Trinajstić information content (AvgIpc) is 2.72. The molecule has 2 heterocycles. The van der Waals surface area contributed by atoms with E-state index in [0.29, 0.717) is 31.5 Å². The van der Waals surface area contributed by atoms with E-state index in [2.05, 4.69) is 28.9 Å². The fourth-order valence-corrected chi connectivity index (χ4v) is 3.91. The lowest BCUT2D eigenvalue weighted by atomic mass is 9.91. The molecule has 0 spiro atoms. The van der Waals surface area contributed by atoms with Crippen LogP contribution >= 0.6 is 0 Å². The van der Waals surface area contributed by atoms with Crippen molar-refractivity contribution in [2.45, 2.75) is 51.7 Å². The van der Waals surface area contributed by atoms with Gasteiger partial charge in [0.2, 0.25) is 5.91 Å². The number of benzene rings is 1. The van der Waals surface area contributed by atoms with Gasteiger partial charge in [-0.25, -0.2) is 0 Å². The van der Waals surface area contributed by atoms with Crippen LogP contribution in [0, 0.1) is 17.8 Å². The van der Waals surface area contributed by atoms with Crippen molar-refractivity contribution in [1.29, 1.82) is 0 Å². The Morgan fingerprint density at radius 3 is 2.41 bits per heavy atom. The lowest BCUT2D eigenvalue weighted by Crippen LogP contribution is -2.41. The summed E-state index contributed by atoms with van der Waals surface area (Å²) in [6.45, 7) is 9.38. The number of morpholine rings is 1. The zero-order valence-corrected chi connectivity index (χ0v) is 17.8. The average molecular weight is 399 g/mol. The maximum Gasteiger partial charge on any atom is 0.222 e. The first-order chi connectivity index (χ1) is 13.9. The van der Waals surface area contributed by atoms with E-state index >= 15 is 0 Å². The van der Waals surface area contributed by atoms with Gasteiger partial charge in [0.25, 0.3) is 0 Å². The highest BCUT2D eigenvalue weighted by Crippen LogP contribution is 2.23. The van der Waals surface area contributed by atoms with Crippen molar-refractivity contribution in [3.63, 3.8) is 0 Å². The van der Waals surface area contributed by atoms with E-state index in [-0.39, 0.29) is 0 Å². The second-order valence-electron chi connectivity index (χ2n) is 8.76. The molecule has 158 valence electrons. The minimum Gasteiger partial charge on any atom is -0.378 e. The standard InChI is InChI=1S/C24H34N2O3/c1-24(2,28)12-9-20-3-5-22(6-4-20)19-25-13-10-21(11-14-25)7-8-23(27)26-15-17-29-18-16-26/h3-6,21,28H,7-8,10-11,13-19H2,1-2H3. The zero-order chi connectivity index (χ0) is 20.7. The second kappa shape index (κ2) is 10.2. The van der Waals surface area contributed by atoms with Gasteiger partial charge in [-0.05, 0) is 69.8 Å². The molecule has 0 bridgehead atoms. The van der Waals surface area contributed by atoms with Gasteiger partial charge in [-0.2, -0.15) is 0 Å². The Bertz CT molecular complexity index is 713. The molecule has 2 aliphatic heterocycles. The van der Waals surface area contributed by atoms with Crippen LogP contribution in [-0.4, -0.2) is 65.8 Å². The van der Waals surface area contributed by atoms with E-state index in [1.807, 2.05) is 17.0 Å². The molecule has 1 aromatic carbocycles. The first kappa shape index (κ1) is 21.8. The number of rotatable bonds is 5. The molecule has 1 amide bonds. The van der Waals surface area contributed by atoms with E-state index in [1.165, 1.54) is 18.4 Å². The predicted molar refractivity (Wildman–Crippen MR) is 114 cm³/mol. The van der Waals surface area contributed by atoms with Crippen LogP contribution < -0.4 is 0 Å². The minimum absolute atomic E-state index is 0.295. The van der Waals surface area contributed by atoms with Crippen LogP contribution in [0.1, 0.15) is 50.7 Å². The Balaban J connectivity index is 1.38. The maximum absolute atomic E-state index is 12.3. The second-order valence-corrected chi connectivity index (χ2v) is 8.76. The van der Waals surface area contributed by atoms with Crippen LogP contribution in [0.5, 0.6) is 0 Å². The van der Waals surface area contributed by atoms with Crippen molar-refractivity contribution >= 4 is 5.91 Å². The molecule has 2 fully saturated rings. The smallest absolute Gasteiger partial charge is 0.222 e. The highest BCUT2D eigenvalue weighted by molar-refractivity contribution is 5.76. The first-order valence-corrected chi connectivity index (χ1v) is 10.8. The number of likely N-dealkylation sites (tertiary alicyclic amines) is 1. The van der Waals surface area contributed by atoms with Crippen molar-refractivity contribution in [3.8, 4) is 11.8 Å². The molecule has 1 N–H and O–H groups in total. The van der Waals surface area contributed by atoms with Crippen molar-refractivity contribution in [2.24, 2.45) is 5.92 Å². The molecule has 3 rings (SSSR count). The van der Waals surface area contributed by atoms with Gasteiger partial charge in [-0.3, -0.25) is 9.69 Å². The third-order valence-electron chi connectivity index (χ3n) is 5.71. The van der Waals surface area contributed by atoms with Crippen LogP contribution in [0.4, 0.5) is 0 Å².